The second kappa shape index (κ2) is 5.54. The molecule has 23 heavy (non-hydrogen) atoms. The van der Waals surface area contributed by atoms with Crippen molar-refractivity contribution in [3.8, 4) is 0 Å². The number of amides is 2. The lowest BCUT2D eigenvalue weighted by Gasteiger charge is -2.21. The van der Waals surface area contributed by atoms with Crippen molar-refractivity contribution in [3.05, 3.63) is 17.8 Å². The van der Waals surface area contributed by atoms with Crippen LogP contribution >= 0.6 is 0 Å². The van der Waals surface area contributed by atoms with Crippen molar-refractivity contribution in [1.29, 1.82) is 0 Å². The molecule has 2 fully saturated rings. The smallest absolute Gasteiger partial charge is 0.394 e. The first kappa shape index (κ1) is 15.8. The van der Waals surface area contributed by atoms with Gasteiger partial charge in [-0.1, -0.05) is 6.42 Å². The number of hydrogen-bond acceptors (Lipinski definition) is 4. The van der Waals surface area contributed by atoms with Crippen LogP contribution in [0.2, 0.25) is 0 Å². The number of alkyl halides is 3. The van der Waals surface area contributed by atoms with E-state index in [-0.39, 0.29) is 18.2 Å². The van der Waals surface area contributed by atoms with Crippen molar-refractivity contribution in [1.82, 2.24) is 9.88 Å². The van der Waals surface area contributed by atoms with Crippen molar-refractivity contribution in [2.75, 3.05) is 13.1 Å². The number of carbonyl (C=O) groups excluding carboxylic acids is 2. The van der Waals surface area contributed by atoms with E-state index in [4.69, 9.17) is 10.2 Å². The number of halogens is 3. The molecule has 0 bridgehead atoms. The normalized spacial score (nSPS) is 25.4. The van der Waals surface area contributed by atoms with Crippen LogP contribution < -0.4 is 5.73 Å². The molecule has 0 unspecified atom stereocenters. The molecule has 1 saturated heterocycles. The van der Waals surface area contributed by atoms with E-state index >= 15 is 0 Å². The summed E-state index contributed by atoms with van der Waals surface area (Å²) in [5, 5.41) is 0. The molecule has 2 aliphatic rings. The number of likely N-dealkylation sites (tertiary alicyclic amines) is 1. The first-order valence-corrected chi connectivity index (χ1v) is 7.38. The van der Waals surface area contributed by atoms with Gasteiger partial charge in [-0.25, -0.2) is 4.98 Å². The molecule has 2 atom stereocenters. The van der Waals surface area contributed by atoms with Crippen LogP contribution in [0, 0.1) is 11.8 Å². The third-order valence-electron chi connectivity index (χ3n) is 4.59. The fourth-order valence-electron chi connectivity index (χ4n) is 2.98. The Labute approximate surface area is 129 Å². The van der Waals surface area contributed by atoms with Gasteiger partial charge in [0.15, 0.2) is 11.6 Å². The number of carbonyl (C=O) groups is 2. The molecular formula is C14H16F3N3O3. The monoisotopic (exact) mass is 331 g/mol. The topological polar surface area (TPSA) is 89.4 Å². The number of oxazole rings is 1. The highest BCUT2D eigenvalue weighted by Crippen LogP contribution is 2.38. The second-order valence-electron chi connectivity index (χ2n) is 6.07. The van der Waals surface area contributed by atoms with E-state index in [1.807, 2.05) is 0 Å². The van der Waals surface area contributed by atoms with Gasteiger partial charge in [0.25, 0.3) is 5.91 Å². The van der Waals surface area contributed by atoms with Gasteiger partial charge in [0.1, 0.15) is 6.26 Å². The van der Waals surface area contributed by atoms with Crippen LogP contribution in [-0.4, -0.2) is 41.0 Å². The lowest BCUT2D eigenvalue weighted by molar-refractivity contribution is -0.182. The molecular weight excluding hydrogens is 315 g/mol. The lowest BCUT2D eigenvalue weighted by atomic mass is 9.85. The van der Waals surface area contributed by atoms with Gasteiger partial charge in [0.2, 0.25) is 5.91 Å². The number of nitrogens with two attached hydrogens (primary N) is 1. The zero-order valence-corrected chi connectivity index (χ0v) is 12.2. The zero-order valence-electron chi connectivity index (χ0n) is 12.2. The van der Waals surface area contributed by atoms with Gasteiger partial charge < -0.3 is 15.1 Å². The number of nitrogens with zero attached hydrogens (tertiary/aromatic N) is 2. The molecule has 0 aromatic carbocycles. The van der Waals surface area contributed by atoms with Gasteiger partial charge in [-0.2, -0.15) is 13.2 Å². The van der Waals surface area contributed by atoms with E-state index < -0.39 is 36.4 Å². The number of primary amides is 1. The second-order valence-corrected chi connectivity index (χ2v) is 6.07. The first-order chi connectivity index (χ1) is 10.8. The minimum atomic E-state index is -4.59. The molecule has 1 aliphatic carbocycles. The summed E-state index contributed by atoms with van der Waals surface area (Å²) in [4.78, 5) is 28.6. The van der Waals surface area contributed by atoms with Crippen molar-refractivity contribution in [3.63, 3.8) is 0 Å². The maximum atomic E-state index is 13.0. The number of rotatable bonds is 3. The highest BCUT2D eigenvalue weighted by Gasteiger charge is 2.53. The summed E-state index contributed by atoms with van der Waals surface area (Å²) in [7, 11) is 0. The lowest BCUT2D eigenvalue weighted by Crippen LogP contribution is -2.37. The Hall–Kier alpha value is -2.06. The molecule has 0 radical (unpaired) electrons. The standard InChI is InChI=1S/C14H16F3N3O3/c15-14(16,17)9-5-20(4-8(9)11(18)21)13(22)10-6-23-12(19-10)7-2-1-3-7/h6-9H,1-5H2,(H2,18,21)/t8-,9-/m1/s1. The van der Waals surface area contributed by atoms with Gasteiger partial charge in [-0.15, -0.1) is 0 Å². The predicted molar refractivity (Wildman–Crippen MR) is 71.2 cm³/mol. The van der Waals surface area contributed by atoms with Crippen LogP contribution in [0.5, 0.6) is 0 Å². The minimum absolute atomic E-state index is 0.0297. The molecule has 1 aliphatic heterocycles. The van der Waals surface area contributed by atoms with Gasteiger partial charge in [-0.3, -0.25) is 9.59 Å². The van der Waals surface area contributed by atoms with Crippen molar-refractivity contribution in [2.24, 2.45) is 17.6 Å². The molecule has 126 valence electrons. The van der Waals surface area contributed by atoms with Gasteiger partial charge >= 0.3 is 6.18 Å². The summed E-state index contributed by atoms with van der Waals surface area (Å²) in [6.07, 6.45) is -0.503. The van der Waals surface area contributed by atoms with Crippen LogP contribution in [0.15, 0.2) is 10.7 Å². The minimum Gasteiger partial charge on any atom is -0.448 e. The van der Waals surface area contributed by atoms with Crippen molar-refractivity contribution < 1.29 is 27.2 Å². The van der Waals surface area contributed by atoms with Crippen LogP contribution in [-0.2, 0) is 4.79 Å². The molecule has 2 N–H and O–H groups in total. The average molecular weight is 331 g/mol. The van der Waals surface area contributed by atoms with Crippen molar-refractivity contribution >= 4 is 11.8 Å². The summed E-state index contributed by atoms with van der Waals surface area (Å²) >= 11 is 0. The van der Waals surface area contributed by atoms with E-state index in [0.29, 0.717) is 5.89 Å². The molecule has 1 saturated carbocycles. The third-order valence-corrected chi connectivity index (χ3v) is 4.59. The van der Waals surface area contributed by atoms with Crippen LogP contribution in [0.1, 0.15) is 41.6 Å². The maximum Gasteiger partial charge on any atom is 0.394 e. The summed E-state index contributed by atoms with van der Waals surface area (Å²) in [5.41, 5.74) is 5.01. The van der Waals surface area contributed by atoms with Crippen LogP contribution in [0.25, 0.3) is 0 Å². The Kier molecular flexibility index (Phi) is 3.81. The fraction of sp³-hybridized carbons (Fsp3) is 0.643. The molecule has 1 aromatic rings. The SMILES string of the molecule is NC(=O)[C@@H]1CN(C(=O)c2coc(C3CCC3)n2)C[C@H]1C(F)(F)F. The maximum absolute atomic E-state index is 13.0. The van der Waals surface area contributed by atoms with E-state index in [1.54, 1.807) is 0 Å². The first-order valence-electron chi connectivity index (χ1n) is 7.38. The van der Waals surface area contributed by atoms with Gasteiger partial charge in [0, 0.05) is 19.0 Å². The Balaban J connectivity index is 1.75. The Bertz CT molecular complexity index is 624. The summed E-state index contributed by atoms with van der Waals surface area (Å²) in [5.74, 6) is -4.48. The zero-order chi connectivity index (χ0) is 16.8. The molecule has 0 spiro atoms. The molecule has 2 amide bonds. The van der Waals surface area contributed by atoms with E-state index in [1.165, 1.54) is 0 Å². The van der Waals surface area contributed by atoms with E-state index in [0.717, 1.165) is 30.4 Å². The Morgan fingerprint density at radius 3 is 2.48 bits per heavy atom. The molecule has 2 heterocycles. The average Bonchev–Trinajstić information content (AvgIpc) is 3.01. The summed E-state index contributed by atoms with van der Waals surface area (Å²) < 4.78 is 44.2. The largest absolute Gasteiger partial charge is 0.448 e. The molecule has 1 aromatic heterocycles. The number of hydrogen-bond donors (Lipinski definition) is 1. The Morgan fingerprint density at radius 2 is 2.00 bits per heavy atom. The van der Waals surface area contributed by atoms with Crippen LogP contribution in [0.3, 0.4) is 0 Å². The fourth-order valence-corrected chi connectivity index (χ4v) is 2.98. The Morgan fingerprint density at radius 1 is 1.30 bits per heavy atom. The van der Waals surface area contributed by atoms with E-state index in [9.17, 15) is 22.8 Å². The molecule has 9 heteroatoms. The van der Waals surface area contributed by atoms with Crippen LogP contribution in [0.4, 0.5) is 13.2 Å². The quantitative estimate of drug-likeness (QED) is 0.912. The molecule has 3 rings (SSSR count). The summed E-state index contributed by atoms with van der Waals surface area (Å²) in [6, 6.07) is 0. The number of aromatic nitrogens is 1. The third kappa shape index (κ3) is 2.91. The molecule has 6 nitrogen and oxygen atoms in total. The van der Waals surface area contributed by atoms with Gasteiger partial charge in [0.05, 0.1) is 11.8 Å². The van der Waals surface area contributed by atoms with Gasteiger partial charge in [-0.05, 0) is 12.8 Å². The highest BCUT2D eigenvalue weighted by molar-refractivity contribution is 5.93. The van der Waals surface area contributed by atoms with E-state index in [2.05, 4.69) is 4.98 Å². The van der Waals surface area contributed by atoms with Crippen molar-refractivity contribution in [2.45, 2.75) is 31.4 Å². The summed E-state index contributed by atoms with van der Waals surface area (Å²) in [6.45, 7) is -0.953. The predicted octanol–water partition coefficient (Wildman–Crippen LogP) is 1.68. The highest BCUT2D eigenvalue weighted by atomic mass is 19.4.